The smallest absolute Gasteiger partial charge is 0.462 e. The lowest BCUT2D eigenvalue weighted by Gasteiger charge is -2.21. The molecule has 0 saturated heterocycles. The van der Waals surface area contributed by atoms with Crippen molar-refractivity contribution in [3.8, 4) is 0 Å². The second kappa shape index (κ2) is 72.4. The Kier molecular flexibility index (Phi) is 71.0. The lowest BCUT2D eigenvalue weighted by molar-refractivity contribution is -0.161. The molecule has 0 heterocycles. The first-order valence-electron chi connectivity index (χ1n) is 40.8. The lowest BCUT2D eigenvalue weighted by Crippen LogP contribution is -2.30. The quantitative estimate of drug-likeness (QED) is 0.0222. The maximum absolute atomic E-state index is 13.1. The Labute approximate surface area is 594 Å². The Morgan fingerprint density at radius 2 is 0.412 bits per heavy atom. The summed E-state index contributed by atoms with van der Waals surface area (Å²) >= 11 is 0. The van der Waals surface area contributed by atoms with E-state index in [4.69, 9.17) is 37.0 Å². The normalized spacial score (nSPS) is 13.8. The highest BCUT2D eigenvalue weighted by molar-refractivity contribution is 7.47. The molecule has 0 bridgehead atoms. The number of unbranched alkanes of at least 4 members (excludes halogenated alkanes) is 53. The van der Waals surface area contributed by atoms with E-state index in [1.54, 1.807) is 0 Å². The van der Waals surface area contributed by atoms with Crippen molar-refractivity contribution >= 4 is 39.5 Å². The number of hydrogen-bond acceptors (Lipinski definition) is 15. The Bertz CT molecular complexity index is 1840. The van der Waals surface area contributed by atoms with Gasteiger partial charge in [0.2, 0.25) is 0 Å². The van der Waals surface area contributed by atoms with Crippen molar-refractivity contribution in [2.75, 3.05) is 39.6 Å². The molecule has 0 aromatic rings. The van der Waals surface area contributed by atoms with Gasteiger partial charge in [0, 0.05) is 25.7 Å². The highest BCUT2D eigenvalue weighted by atomic mass is 31.2. The fourth-order valence-corrected chi connectivity index (χ4v) is 13.7. The molecular weight excluding hydrogens is 1270 g/mol. The summed E-state index contributed by atoms with van der Waals surface area (Å²) in [6.07, 6.45) is 63.7. The Morgan fingerprint density at radius 3 is 0.608 bits per heavy atom. The van der Waals surface area contributed by atoms with Crippen LogP contribution in [0.4, 0.5) is 0 Å². The first-order valence-corrected chi connectivity index (χ1v) is 43.8. The molecule has 0 fully saturated rings. The molecule has 0 rings (SSSR count). The molecule has 3 N–H and O–H groups in total. The second-order valence-electron chi connectivity index (χ2n) is 28.1. The van der Waals surface area contributed by atoms with Crippen molar-refractivity contribution in [3.63, 3.8) is 0 Å². The van der Waals surface area contributed by atoms with Crippen molar-refractivity contribution < 1.29 is 80.2 Å². The minimum Gasteiger partial charge on any atom is -0.462 e. The third-order valence-electron chi connectivity index (χ3n) is 18.4. The molecule has 576 valence electrons. The summed E-state index contributed by atoms with van der Waals surface area (Å²) < 4.78 is 68.6. The predicted octanol–water partition coefficient (Wildman–Crippen LogP) is 23.4. The van der Waals surface area contributed by atoms with Crippen molar-refractivity contribution in [2.24, 2.45) is 0 Å². The monoisotopic (exact) mass is 1420 g/mol. The largest absolute Gasteiger partial charge is 0.472 e. The van der Waals surface area contributed by atoms with Gasteiger partial charge >= 0.3 is 39.5 Å². The highest BCUT2D eigenvalue weighted by Crippen LogP contribution is 2.45. The molecule has 0 spiro atoms. The SMILES string of the molecule is CCCCCCCCCCCCCCCCCCCCC(=O)O[C@H](COC(=O)CCCCCCCCCCCCCCCCCC)COP(=O)(O)OC[C@@H](O)COP(=O)(O)OC[C@@H](COC(=O)CCCCCCCCCCC)OC(=O)CCCCCCCCCCCCCCCC. The van der Waals surface area contributed by atoms with Gasteiger partial charge in [-0.3, -0.25) is 37.3 Å². The van der Waals surface area contributed by atoms with E-state index in [0.717, 1.165) is 89.9 Å². The number of carbonyl (C=O) groups excluding carboxylic acids is 4. The molecule has 0 radical (unpaired) electrons. The summed E-state index contributed by atoms with van der Waals surface area (Å²) in [5, 5.41) is 10.6. The summed E-state index contributed by atoms with van der Waals surface area (Å²) in [6, 6.07) is 0. The van der Waals surface area contributed by atoms with Gasteiger partial charge in [-0.25, -0.2) is 9.13 Å². The van der Waals surface area contributed by atoms with Gasteiger partial charge in [-0.05, 0) is 25.7 Å². The Hall–Kier alpha value is -1.94. The van der Waals surface area contributed by atoms with E-state index in [9.17, 15) is 43.2 Å². The molecule has 0 aliphatic heterocycles. The van der Waals surface area contributed by atoms with Gasteiger partial charge in [0.1, 0.15) is 19.3 Å². The van der Waals surface area contributed by atoms with Gasteiger partial charge in [-0.1, -0.05) is 368 Å². The summed E-state index contributed by atoms with van der Waals surface area (Å²) in [7, 11) is -9.91. The van der Waals surface area contributed by atoms with Crippen LogP contribution in [-0.4, -0.2) is 96.7 Å². The third-order valence-corrected chi connectivity index (χ3v) is 20.3. The minimum atomic E-state index is -4.96. The van der Waals surface area contributed by atoms with Crippen LogP contribution in [0, 0.1) is 0 Å². The fraction of sp³-hybridized carbons (Fsp3) is 0.949. The molecule has 5 atom stereocenters. The predicted molar refractivity (Wildman–Crippen MR) is 395 cm³/mol. The minimum absolute atomic E-state index is 0.108. The molecule has 0 aromatic heterocycles. The number of phosphoric ester groups is 2. The van der Waals surface area contributed by atoms with E-state index in [-0.39, 0.29) is 25.7 Å². The third kappa shape index (κ3) is 72.2. The van der Waals surface area contributed by atoms with Crippen LogP contribution in [-0.2, 0) is 65.4 Å². The average Bonchev–Trinajstić information content (AvgIpc) is 1.17. The van der Waals surface area contributed by atoms with Gasteiger partial charge in [0.15, 0.2) is 12.2 Å². The lowest BCUT2D eigenvalue weighted by atomic mass is 10.0. The van der Waals surface area contributed by atoms with Gasteiger partial charge in [-0.2, -0.15) is 0 Å². The first kappa shape index (κ1) is 95.1. The standard InChI is InChI=1S/C78H152O17P2/c1-5-9-13-17-21-25-28-31-34-36-37-39-42-45-49-53-57-61-65-78(83)95-74(69-89-76(81)63-59-55-51-47-43-41-38-35-32-29-26-22-18-14-10-6-2)71-93-97(86,87)91-67-72(79)66-90-96(84,85)92-70-73(68-88-75(80)62-58-54-50-46-24-20-16-12-8-4)94-77(82)64-60-56-52-48-44-40-33-30-27-23-19-15-11-7-3/h72-74,79H,5-71H2,1-4H3,(H,84,85)(H,86,87)/t72-,73+,74+/m0/s1. The molecule has 17 nitrogen and oxygen atoms in total. The molecule has 97 heavy (non-hydrogen) atoms. The van der Waals surface area contributed by atoms with E-state index < -0.39 is 97.5 Å². The molecular formula is C78H152O17P2. The number of carbonyl (C=O) groups is 4. The maximum Gasteiger partial charge on any atom is 0.472 e. The van der Waals surface area contributed by atoms with E-state index in [1.165, 1.54) is 250 Å². The Balaban J connectivity index is 5.22. The number of phosphoric acid groups is 2. The number of hydrogen-bond donors (Lipinski definition) is 3. The Morgan fingerprint density at radius 1 is 0.247 bits per heavy atom. The summed E-state index contributed by atoms with van der Waals surface area (Å²) in [6.45, 7) is 5.00. The molecule has 2 unspecified atom stereocenters. The molecule has 0 saturated carbocycles. The van der Waals surface area contributed by atoms with Crippen LogP contribution in [0.15, 0.2) is 0 Å². The zero-order valence-corrected chi connectivity index (χ0v) is 64.8. The van der Waals surface area contributed by atoms with E-state index in [1.807, 2.05) is 0 Å². The molecule has 0 aliphatic carbocycles. The topological polar surface area (TPSA) is 237 Å². The van der Waals surface area contributed by atoms with Crippen LogP contribution in [0.5, 0.6) is 0 Å². The van der Waals surface area contributed by atoms with Gasteiger partial charge < -0.3 is 33.8 Å². The zero-order chi connectivity index (χ0) is 71.1. The van der Waals surface area contributed by atoms with Crippen LogP contribution >= 0.6 is 15.6 Å². The first-order chi connectivity index (χ1) is 47.2. The van der Waals surface area contributed by atoms with Crippen LogP contribution in [0.3, 0.4) is 0 Å². The summed E-state index contributed by atoms with van der Waals surface area (Å²) in [4.78, 5) is 72.9. The maximum atomic E-state index is 13.1. The highest BCUT2D eigenvalue weighted by Gasteiger charge is 2.30. The number of esters is 4. The fourth-order valence-electron chi connectivity index (χ4n) is 12.1. The van der Waals surface area contributed by atoms with E-state index >= 15 is 0 Å². The molecule has 0 aliphatic rings. The van der Waals surface area contributed by atoms with Crippen molar-refractivity contribution in [1.82, 2.24) is 0 Å². The number of aliphatic hydroxyl groups is 1. The van der Waals surface area contributed by atoms with Crippen LogP contribution in [0.1, 0.15) is 419 Å². The van der Waals surface area contributed by atoms with E-state index in [0.29, 0.717) is 25.7 Å². The molecule has 0 amide bonds. The van der Waals surface area contributed by atoms with Crippen LogP contribution in [0.25, 0.3) is 0 Å². The number of rotatable bonds is 79. The van der Waals surface area contributed by atoms with Crippen LogP contribution in [0.2, 0.25) is 0 Å². The van der Waals surface area contributed by atoms with Crippen molar-refractivity contribution in [2.45, 2.75) is 438 Å². The molecule has 0 aromatic carbocycles. The zero-order valence-electron chi connectivity index (χ0n) is 63.1. The molecule has 19 heteroatoms. The summed E-state index contributed by atoms with van der Waals surface area (Å²) in [5.74, 6) is -2.11. The van der Waals surface area contributed by atoms with Crippen molar-refractivity contribution in [3.05, 3.63) is 0 Å². The average molecular weight is 1420 g/mol. The van der Waals surface area contributed by atoms with E-state index in [2.05, 4.69) is 27.7 Å². The van der Waals surface area contributed by atoms with Gasteiger partial charge in [0.05, 0.1) is 26.4 Å². The van der Waals surface area contributed by atoms with Crippen molar-refractivity contribution in [1.29, 1.82) is 0 Å². The van der Waals surface area contributed by atoms with Crippen LogP contribution < -0.4 is 0 Å². The van der Waals surface area contributed by atoms with Gasteiger partial charge in [0.25, 0.3) is 0 Å². The summed E-state index contributed by atoms with van der Waals surface area (Å²) in [5.41, 5.74) is 0. The van der Waals surface area contributed by atoms with Gasteiger partial charge in [-0.15, -0.1) is 0 Å². The number of aliphatic hydroxyl groups excluding tert-OH is 1. The second-order valence-corrected chi connectivity index (χ2v) is 31.0. The number of ether oxygens (including phenoxy) is 4.